The molecule has 1 aliphatic heterocycles. The maximum atomic E-state index is 12.6. The number of nitrogens with zero attached hydrogens (tertiary/aromatic N) is 4. The maximum Gasteiger partial charge on any atom is 0.232 e. The van der Waals surface area contributed by atoms with Crippen LogP contribution in [-0.2, 0) is 16.0 Å². The number of carbonyl (C=O) groups is 1. The van der Waals surface area contributed by atoms with Gasteiger partial charge in [-0.05, 0) is 42.0 Å². The summed E-state index contributed by atoms with van der Waals surface area (Å²) in [4.78, 5) is 14.7. The van der Waals surface area contributed by atoms with Crippen molar-refractivity contribution in [3.63, 3.8) is 0 Å². The standard InChI is InChI=1S/C26H33N5O2S/c1-19(2)22-10-8-21(9-11-22)12-13-27-24(32)18-34-26-29-28-25(30-14-16-33-17-15-30)31(26)23-7-5-4-6-20(23)3/h4-11,19H,12-18H2,1-3H3,(H,27,32). The Morgan fingerprint density at radius 1 is 1.09 bits per heavy atom. The lowest BCUT2D eigenvalue weighted by molar-refractivity contribution is -0.118. The van der Waals surface area contributed by atoms with E-state index in [4.69, 9.17) is 4.74 Å². The molecule has 1 aliphatic rings. The van der Waals surface area contributed by atoms with E-state index in [1.54, 1.807) is 0 Å². The van der Waals surface area contributed by atoms with Gasteiger partial charge in [0.1, 0.15) is 0 Å². The van der Waals surface area contributed by atoms with Crippen LogP contribution in [0.5, 0.6) is 0 Å². The predicted molar refractivity (Wildman–Crippen MR) is 137 cm³/mol. The molecular formula is C26H33N5O2S. The molecule has 0 saturated carbocycles. The first-order chi connectivity index (χ1) is 16.5. The van der Waals surface area contributed by atoms with Crippen LogP contribution in [0.3, 0.4) is 0 Å². The molecule has 4 rings (SSSR count). The SMILES string of the molecule is Cc1ccccc1-n1c(SCC(=O)NCCc2ccc(C(C)C)cc2)nnc1N1CCOCC1. The van der Waals surface area contributed by atoms with Crippen molar-refractivity contribution in [3.8, 4) is 5.69 Å². The summed E-state index contributed by atoms with van der Waals surface area (Å²) < 4.78 is 7.57. The number of hydrogen-bond acceptors (Lipinski definition) is 6. The number of benzene rings is 2. The smallest absolute Gasteiger partial charge is 0.232 e. The molecule has 1 amide bonds. The Bertz CT molecular complexity index is 1090. The lowest BCUT2D eigenvalue weighted by Crippen LogP contribution is -2.38. The van der Waals surface area contributed by atoms with E-state index in [1.807, 2.05) is 12.1 Å². The summed E-state index contributed by atoms with van der Waals surface area (Å²) in [7, 11) is 0. The summed E-state index contributed by atoms with van der Waals surface area (Å²) in [6, 6.07) is 16.8. The number of thioether (sulfide) groups is 1. The molecule has 8 heteroatoms. The van der Waals surface area contributed by atoms with Gasteiger partial charge in [0.2, 0.25) is 11.9 Å². The van der Waals surface area contributed by atoms with Crippen LogP contribution in [0.4, 0.5) is 5.95 Å². The van der Waals surface area contributed by atoms with Crippen molar-refractivity contribution < 1.29 is 9.53 Å². The van der Waals surface area contributed by atoms with Gasteiger partial charge in [-0.2, -0.15) is 0 Å². The van der Waals surface area contributed by atoms with E-state index in [2.05, 4.69) is 82.2 Å². The monoisotopic (exact) mass is 479 g/mol. The zero-order valence-corrected chi connectivity index (χ0v) is 21.0. The Balaban J connectivity index is 1.38. The van der Waals surface area contributed by atoms with Crippen molar-refractivity contribution in [1.29, 1.82) is 0 Å². The second-order valence-electron chi connectivity index (χ2n) is 8.79. The van der Waals surface area contributed by atoms with Crippen molar-refractivity contribution in [2.75, 3.05) is 43.5 Å². The van der Waals surface area contributed by atoms with Gasteiger partial charge in [0.25, 0.3) is 0 Å². The number of para-hydroxylation sites is 1. The molecule has 7 nitrogen and oxygen atoms in total. The molecule has 1 N–H and O–H groups in total. The Morgan fingerprint density at radius 3 is 2.53 bits per heavy atom. The summed E-state index contributed by atoms with van der Waals surface area (Å²) in [6.07, 6.45) is 0.815. The number of aryl methyl sites for hydroxylation is 1. The zero-order valence-electron chi connectivity index (χ0n) is 20.2. The lowest BCUT2D eigenvalue weighted by Gasteiger charge is -2.28. The summed E-state index contributed by atoms with van der Waals surface area (Å²) in [5.41, 5.74) is 4.72. The molecule has 34 heavy (non-hydrogen) atoms. The van der Waals surface area contributed by atoms with Gasteiger partial charge in [0.15, 0.2) is 5.16 Å². The van der Waals surface area contributed by atoms with E-state index in [-0.39, 0.29) is 5.91 Å². The molecule has 0 unspecified atom stereocenters. The molecule has 1 fully saturated rings. The number of amides is 1. The average molecular weight is 480 g/mol. The Labute approximate surface area is 205 Å². The third kappa shape index (κ3) is 5.98. The summed E-state index contributed by atoms with van der Waals surface area (Å²) in [5.74, 6) is 1.61. The van der Waals surface area contributed by atoms with Crippen molar-refractivity contribution in [2.24, 2.45) is 0 Å². The minimum Gasteiger partial charge on any atom is -0.378 e. The van der Waals surface area contributed by atoms with E-state index in [0.717, 1.165) is 41.9 Å². The first-order valence-electron chi connectivity index (χ1n) is 11.9. The first kappa shape index (κ1) is 24.3. The Hall–Kier alpha value is -2.84. The highest BCUT2D eigenvalue weighted by molar-refractivity contribution is 7.99. The van der Waals surface area contributed by atoms with Crippen molar-refractivity contribution >= 4 is 23.6 Å². The van der Waals surface area contributed by atoms with Crippen LogP contribution in [0, 0.1) is 6.92 Å². The van der Waals surface area contributed by atoms with Gasteiger partial charge < -0.3 is 15.0 Å². The highest BCUT2D eigenvalue weighted by atomic mass is 32.2. The number of aromatic nitrogens is 3. The fourth-order valence-corrected chi connectivity index (χ4v) is 4.72. The van der Waals surface area contributed by atoms with E-state index in [1.165, 1.54) is 22.9 Å². The molecule has 3 aromatic rings. The molecule has 0 spiro atoms. The molecular weight excluding hydrogens is 446 g/mol. The van der Waals surface area contributed by atoms with Crippen molar-refractivity contribution in [3.05, 3.63) is 65.2 Å². The fraction of sp³-hybridized carbons (Fsp3) is 0.423. The van der Waals surface area contributed by atoms with Gasteiger partial charge in [-0.3, -0.25) is 9.36 Å². The van der Waals surface area contributed by atoms with Crippen molar-refractivity contribution in [1.82, 2.24) is 20.1 Å². The summed E-state index contributed by atoms with van der Waals surface area (Å²) >= 11 is 1.41. The molecule has 0 bridgehead atoms. The first-order valence-corrected chi connectivity index (χ1v) is 12.8. The van der Waals surface area contributed by atoms with Crippen LogP contribution in [0.1, 0.15) is 36.5 Å². The van der Waals surface area contributed by atoms with Crippen LogP contribution in [0.2, 0.25) is 0 Å². The molecule has 2 heterocycles. The molecule has 1 aromatic heterocycles. The Morgan fingerprint density at radius 2 is 1.82 bits per heavy atom. The third-order valence-electron chi connectivity index (χ3n) is 5.98. The van der Waals surface area contributed by atoms with Gasteiger partial charge in [-0.25, -0.2) is 0 Å². The molecule has 1 saturated heterocycles. The quantitative estimate of drug-likeness (QED) is 0.468. The number of ether oxygens (including phenoxy) is 1. The van der Waals surface area contributed by atoms with Gasteiger partial charge in [-0.1, -0.05) is 68.1 Å². The molecule has 0 radical (unpaired) electrons. The predicted octanol–water partition coefficient (Wildman–Crippen LogP) is 3.99. The van der Waals surface area contributed by atoms with E-state index in [9.17, 15) is 4.79 Å². The fourth-order valence-electron chi connectivity index (χ4n) is 3.95. The van der Waals surface area contributed by atoms with Gasteiger partial charge >= 0.3 is 0 Å². The number of morpholine rings is 1. The Kier molecular flexibility index (Phi) is 8.24. The number of hydrogen-bond donors (Lipinski definition) is 1. The number of rotatable bonds is 9. The molecule has 180 valence electrons. The highest BCUT2D eigenvalue weighted by Crippen LogP contribution is 2.28. The maximum absolute atomic E-state index is 12.6. The molecule has 0 atom stereocenters. The van der Waals surface area contributed by atoms with Crippen LogP contribution in [0.25, 0.3) is 5.69 Å². The summed E-state index contributed by atoms with van der Waals surface area (Å²) in [5, 5.41) is 12.7. The van der Waals surface area contributed by atoms with Crippen LogP contribution < -0.4 is 10.2 Å². The van der Waals surface area contributed by atoms with E-state index >= 15 is 0 Å². The highest BCUT2D eigenvalue weighted by Gasteiger charge is 2.23. The largest absolute Gasteiger partial charge is 0.378 e. The number of anilines is 1. The molecule has 2 aromatic carbocycles. The zero-order chi connectivity index (χ0) is 23.9. The normalized spacial score (nSPS) is 13.9. The second kappa shape index (κ2) is 11.5. The van der Waals surface area contributed by atoms with Crippen LogP contribution in [0.15, 0.2) is 53.7 Å². The number of nitrogens with one attached hydrogen (secondary N) is 1. The van der Waals surface area contributed by atoms with E-state index < -0.39 is 0 Å². The van der Waals surface area contributed by atoms with Gasteiger partial charge in [-0.15, -0.1) is 10.2 Å². The van der Waals surface area contributed by atoms with Crippen LogP contribution >= 0.6 is 11.8 Å². The minimum atomic E-state index is -0.00365. The lowest BCUT2D eigenvalue weighted by atomic mass is 10.0. The van der Waals surface area contributed by atoms with Crippen molar-refractivity contribution in [2.45, 2.75) is 38.3 Å². The van der Waals surface area contributed by atoms with Gasteiger partial charge in [0.05, 0.1) is 24.7 Å². The molecule has 0 aliphatic carbocycles. The summed E-state index contributed by atoms with van der Waals surface area (Å²) in [6.45, 7) is 9.96. The topological polar surface area (TPSA) is 72.3 Å². The van der Waals surface area contributed by atoms with Gasteiger partial charge in [0, 0.05) is 19.6 Å². The average Bonchev–Trinajstić information content (AvgIpc) is 3.27. The van der Waals surface area contributed by atoms with Crippen LogP contribution in [-0.4, -0.2) is 59.3 Å². The second-order valence-corrected chi connectivity index (χ2v) is 9.73. The minimum absolute atomic E-state index is 0.00365. The van der Waals surface area contributed by atoms with E-state index in [0.29, 0.717) is 31.4 Å². The third-order valence-corrected chi connectivity index (χ3v) is 6.91. The number of carbonyl (C=O) groups excluding carboxylic acids is 1.